The molecular weight excluding hydrogens is 336 g/mol. The first-order valence-electron chi connectivity index (χ1n) is 9.52. The molecule has 4 rings (SSSR count). The van der Waals surface area contributed by atoms with E-state index in [9.17, 15) is 4.79 Å². The van der Waals surface area contributed by atoms with Gasteiger partial charge in [-0.3, -0.25) is 15.1 Å². The zero-order chi connectivity index (χ0) is 19.0. The number of amides is 1. The number of guanidine groups is 1. The summed E-state index contributed by atoms with van der Waals surface area (Å²) in [7, 11) is 1.64. The summed E-state index contributed by atoms with van der Waals surface area (Å²) < 4.78 is 0. The van der Waals surface area contributed by atoms with Crippen LogP contribution in [-0.2, 0) is 16.9 Å². The van der Waals surface area contributed by atoms with E-state index in [2.05, 4.69) is 53.1 Å². The number of nitrogens with one attached hydrogen (secondary N) is 3. The molecule has 5 heteroatoms. The van der Waals surface area contributed by atoms with Crippen molar-refractivity contribution in [3.8, 4) is 0 Å². The Labute approximate surface area is 160 Å². The van der Waals surface area contributed by atoms with E-state index in [1.54, 1.807) is 7.05 Å². The third-order valence-electron chi connectivity index (χ3n) is 5.64. The zero-order valence-corrected chi connectivity index (χ0v) is 15.9. The predicted molar refractivity (Wildman–Crippen MR) is 108 cm³/mol. The van der Waals surface area contributed by atoms with Gasteiger partial charge in [-0.2, -0.15) is 0 Å². The molecule has 2 fully saturated rings. The van der Waals surface area contributed by atoms with Crippen LogP contribution in [0.3, 0.4) is 0 Å². The molecule has 1 atom stereocenters. The lowest BCUT2D eigenvalue weighted by atomic mass is 9.85. The molecule has 1 amide bonds. The van der Waals surface area contributed by atoms with Crippen molar-refractivity contribution < 1.29 is 4.79 Å². The fourth-order valence-electron chi connectivity index (χ4n) is 3.71. The van der Waals surface area contributed by atoms with Crippen molar-refractivity contribution in [2.75, 3.05) is 12.4 Å². The van der Waals surface area contributed by atoms with Gasteiger partial charge in [0, 0.05) is 19.3 Å². The number of carbonyl (C=O) groups is 1. The summed E-state index contributed by atoms with van der Waals surface area (Å²) >= 11 is 0. The standard InChI is InChI=1S/C22H26N4O/c1-22(13-20(27)26(2)21(23)25-22)17-10-11-18(16-8-9-16)19(12-17)24-14-15-6-4-3-5-7-15/h3-7,10-12,16,24H,8-9,13-14H2,1-2H3,(H2,23,25)/t22-/m0/s1. The van der Waals surface area contributed by atoms with Crippen LogP contribution in [0.1, 0.15) is 48.8 Å². The van der Waals surface area contributed by atoms with Gasteiger partial charge in [0.25, 0.3) is 0 Å². The van der Waals surface area contributed by atoms with Gasteiger partial charge in [-0.1, -0.05) is 42.5 Å². The Hall–Kier alpha value is -2.82. The minimum atomic E-state index is -0.564. The SMILES string of the molecule is CN1C(=N)N[C@](C)(c2ccc(C3CC3)c(NCc3ccccc3)c2)CC1=O. The fourth-order valence-corrected chi connectivity index (χ4v) is 3.71. The van der Waals surface area contributed by atoms with Gasteiger partial charge in [0.2, 0.25) is 5.91 Å². The highest BCUT2D eigenvalue weighted by molar-refractivity contribution is 5.98. The van der Waals surface area contributed by atoms with Crippen molar-refractivity contribution in [1.29, 1.82) is 5.41 Å². The molecule has 1 aliphatic carbocycles. The van der Waals surface area contributed by atoms with Gasteiger partial charge in [-0.15, -0.1) is 0 Å². The number of carbonyl (C=O) groups excluding carboxylic acids is 1. The predicted octanol–water partition coefficient (Wildman–Crippen LogP) is 3.78. The van der Waals surface area contributed by atoms with Crippen LogP contribution < -0.4 is 10.6 Å². The van der Waals surface area contributed by atoms with Crippen molar-refractivity contribution in [3.05, 3.63) is 65.2 Å². The van der Waals surface area contributed by atoms with Crippen LogP contribution in [0.15, 0.2) is 48.5 Å². The summed E-state index contributed by atoms with van der Waals surface area (Å²) in [6.07, 6.45) is 2.82. The second kappa shape index (κ2) is 6.72. The van der Waals surface area contributed by atoms with Gasteiger partial charge < -0.3 is 10.6 Å². The Morgan fingerprint density at radius 3 is 2.63 bits per heavy atom. The summed E-state index contributed by atoms with van der Waals surface area (Å²) in [6.45, 7) is 2.77. The number of hydrogen-bond acceptors (Lipinski definition) is 3. The quantitative estimate of drug-likeness (QED) is 0.758. The minimum Gasteiger partial charge on any atom is -0.381 e. The largest absolute Gasteiger partial charge is 0.381 e. The first kappa shape index (κ1) is 17.6. The van der Waals surface area contributed by atoms with Crippen molar-refractivity contribution in [2.24, 2.45) is 0 Å². The van der Waals surface area contributed by atoms with Gasteiger partial charge in [0.05, 0.1) is 12.0 Å². The average molecular weight is 362 g/mol. The van der Waals surface area contributed by atoms with E-state index in [1.807, 2.05) is 13.0 Å². The van der Waals surface area contributed by atoms with Crippen LogP contribution in [0.5, 0.6) is 0 Å². The Kier molecular flexibility index (Phi) is 4.38. The molecule has 0 unspecified atom stereocenters. The maximum atomic E-state index is 12.3. The van der Waals surface area contributed by atoms with E-state index in [4.69, 9.17) is 5.41 Å². The molecule has 2 aromatic carbocycles. The number of rotatable bonds is 5. The molecule has 0 spiro atoms. The van der Waals surface area contributed by atoms with E-state index in [0.29, 0.717) is 12.3 Å². The molecule has 1 saturated carbocycles. The molecule has 0 aromatic heterocycles. The number of hydrogen-bond donors (Lipinski definition) is 3. The smallest absolute Gasteiger partial charge is 0.231 e. The second-order valence-electron chi connectivity index (χ2n) is 7.85. The highest BCUT2D eigenvalue weighted by Crippen LogP contribution is 2.44. The van der Waals surface area contributed by atoms with E-state index in [1.165, 1.54) is 28.9 Å². The molecule has 140 valence electrons. The van der Waals surface area contributed by atoms with Crippen LogP contribution in [0.4, 0.5) is 5.69 Å². The molecule has 2 aromatic rings. The Morgan fingerprint density at radius 1 is 1.22 bits per heavy atom. The van der Waals surface area contributed by atoms with Gasteiger partial charge in [0.15, 0.2) is 5.96 Å². The van der Waals surface area contributed by atoms with Crippen LogP contribution in [0.25, 0.3) is 0 Å². The molecule has 3 N–H and O–H groups in total. The molecule has 27 heavy (non-hydrogen) atoms. The van der Waals surface area contributed by atoms with E-state index in [-0.39, 0.29) is 11.9 Å². The molecule has 5 nitrogen and oxygen atoms in total. The zero-order valence-electron chi connectivity index (χ0n) is 15.9. The molecule has 1 heterocycles. The normalized spacial score (nSPS) is 22.5. The maximum Gasteiger partial charge on any atom is 0.231 e. The topological polar surface area (TPSA) is 68.2 Å². The molecular formula is C22H26N4O. The van der Waals surface area contributed by atoms with E-state index in [0.717, 1.165) is 17.8 Å². The highest BCUT2D eigenvalue weighted by atomic mass is 16.2. The van der Waals surface area contributed by atoms with E-state index >= 15 is 0 Å². The maximum absolute atomic E-state index is 12.3. The monoisotopic (exact) mass is 362 g/mol. The van der Waals surface area contributed by atoms with Crippen LogP contribution in [0.2, 0.25) is 0 Å². The Balaban J connectivity index is 1.62. The highest BCUT2D eigenvalue weighted by Gasteiger charge is 2.38. The summed E-state index contributed by atoms with van der Waals surface area (Å²) in [5.74, 6) is 0.751. The molecule has 0 radical (unpaired) electrons. The summed E-state index contributed by atoms with van der Waals surface area (Å²) in [4.78, 5) is 13.7. The van der Waals surface area contributed by atoms with E-state index < -0.39 is 5.54 Å². The van der Waals surface area contributed by atoms with Crippen molar-refractivity contribution in [1.82, 2.24) is 10.2 Å². The van der Waals surface area contributed by atoms with Gasteiger partial charge in [-0.05, 0) is 48.4 Å². The number of anilines is 1. The Bertz CT molecular complexity index is 855. The lowest BCUT2D eigenvalue weighted by Gasteiger charge is -2.40. The first-order valence-corrected chi connectivity index (χ1v) is 9.52. The third kappa shape index (κ3) is 3.54. The lowest BCUT2D eigenvalue weighted by Crippen LogP contribution is -2.58. The molecule has 1 aliphatic heterocycles. The average Bonchev–Trinajstić information content (AvgIpc) is 3.50. The van der Waals surface area contributed by atoms with Crippen LogP contribution in [-0.4, -0.2) is 23.8 Å². The van der Waals surface area contributed by atoms with Crippen molar-refractivity contribution in [2.45, 2.75) is 44.2 Å². The lowest BCUT2D eigenvalue weighted by molar-refractivity contribution is -0.129. The van der Waals surface area contributed by atoms with Crippen molar-refractivity contribution in [3.63, 3.8) is 0 Å². The van der Waals surface area contributed by atoms with Gasteiger partial charge in [0.1, 0.15) is 0 Å². The summed E-state index contributed by atoms with van der Waals surface area (Å²) in [6, 6.07) is 16.8. The summed E-state index contributed by atoms with van der Waals surface area (Å²) in [5.41, 5.74) is 4.21. The third-order valence-corrected chi connectivity index (χ3v) is 5.64. The summed E-state index contributed by atoms with van der Waals surface area (Å²) in [5, 5.41) is 14.9. The van der Waals surface area contributed by atoms with Gasteiger partial charge in [-0.25, -0.2) is 0 Å². The van der Waals surface area contributed by atoms with Crippen molar-refractivity contribution >= 4 is 17.6 Å². The first-order chi connectivity index (χ1) is 13.0. The molecule has 0 bridgehead atoms. The number of benzene rings is 2. The number of nitrogens with zero attached hydrogens (tertiary/aromatic N) is 1. The van der Waals surface area contributed by atoms with Crippen LogP contribution in [0, 0.1) is 5.41 Å². The van der Waals surface area contributed by atoms with Gasteiger partial charge >= 0.3 is 0 Å². The Morgan fingerprint density at radius 2 is 1.96 bits per heavy atom. The van der Waals surface area contributed by atoms with Crippen LogP contribution >= 0.6 is 0 Å². The second-order valence-corrected chi connectivity index (χ2v) is 7.85. The fraction of sp³-hybridized carbons (Fsp3) is 0.364. The molecule has 1 saturated heterocycles. The molecule has 2 aliphatic rings. The minimum absolute atomic E-state index is 0.0358.